The van der Waals surface area contributed by atoms with Crippen molar-refractivity contribution in [2.24, 2.45) is 4.99 Å². The molecule has 7 heteroatoms. The van der Waals surface area contributed by atoms with Crippen LogP contribution < -0.4 is 10.6 Å². The second-order valence-electron chi connectivity index (χ2n) is 5.66. The monoisotopic (exact) mass is 457 g/mol. The molecule has 0 unspecified atom stereocenters. The number of nitrogens with one attached hydrogen (secondary N) is 2. The van der Waals surface area contributed by atoms with E-state index in [-0.39, 0.29) is 24.0 Å². The molecule has 0 aromatic rings. The van der Waals surface area contributed by atoms with Crippen molar-refractivity contribution >= 4 is 41.7 Å². The first-order chi connectivity index (χ1) is 10.8. The van der Waals surface area contributed by atoms with Crippen molar-refractivity contribution in [1.82, 2.24) is 20.4 Å². The second kappa shape index (κ2) is 15.8. The number of unbranched alkanes of at least 4 members (excludes halogenated alkanes) is 1. The number of piperazine rings is 1. The van der Waals surface area contributed by atoms with Crippen molar-refractivity contribution in [2.75, 3.05) is 70.9 Å². The van der Waals surface area contributed by atoms with E-state index in [0.717, 1.165) is 32.1 Å². The molecule has 1 saturated heterocycles. The first-order valence-electron chi connectivity index (χ1n) is 8.76. The van der Waals surface area contributed by atoms with Crippen LogP contribution in [0.1, 0.15) is 26.7 Å². The molecule has 1 aliphatic rings. The number of thioether (sulfide) groups is 1. The van der Waals surface area contributed by atoms with E-state index < -0.39 is 0 Å². The average molecular weight is 457 g/mol. The van der Waals surface area contributed by atoms with Gasteiger partial charge < -0.3 is 15.5 Å². The summed E-state index contributed by atoms with van der Waals surface area (Å²) in [7, 11) is 0. The highest BCUT2D eigenvalue weighted by molar-refractivity contribution is 14.0. The van der Waals surface area contributed by atoms with Crippen LogP contribution in [0.15, 0.2) is 4.99 Å². The molecule has 2 N–H and O–H groups in total. The number of likely N-dealkylation sites (N-methyl/N-ethyl adjacent to an activating group) is 1. The molecule has 0 radical (unpaired) electrons. The van der Waals surface area contributed by atoms with Crippen molar-refractivity contribution in [3.63, 3.8) is 0 Å². The zero-order valence-electron chi connectivity index (χ0n) is 15.1. The van der Waals surface area contributed by atoms with E-state index in [9.17, 15) is 0 Å². The van der Waals surface area contributed by atoms with Gasteiger partial charge in [0, 0.05) is 52.4 Å². The van der Waals surface area contributed by atoms with Gasteiger partial charge >= 0.3 is 0 Å². The van der Waals surface area contributed by atoms with Crippen molar-refractivity contribution in [2.45, 2.75) is 26.7 Å². The fourth-order valence-electron chi connectivity index (χ4n) is 2.55. The summed E-state index contributed by atoms with van der Waals surface area (Å²) in [5.41, 5.74) is 0. The summed E-state index contributed by atoms with van der Waals surface area (Å²) < 4.78 is 0. The summed E-state index contributed by atoms with van der Waals surface area (Å²) in [6, 6.07) is 0. The van der Waals surface area contributed by atoms with Crippen LogP contribution in [-0.2, 0) is 0 Å². The van der Waals surface area contributed by atoms with Crippen molar-refractivity contribution in [3.05, 3.63) is 0 Å². The van der Waals surface area contributed by atoms with Crippen LogP contribution in [0.2, 0.25) is 0 Å². The van der Waals surface area contributed by atoms with Crippen molar-refractivity contribution < 1.29 is 0 Å². The Bertz CT molecular complexity index is 296. The van der Waals surface area contributed by atoms with Crippen LogP contribution in [0.4, 0.5) is 0 Å². The van der Waals surface area contributed by atoms with E-state index in [1.807, 2.05) is 11.8 Å². The second-order valence-corrected chi connectivity index (χ2v) is 6.65. The first-order valence-corrected chi connectivity index (χ1v) is 10.1. The number of rotatable bonds is 10. The summed E-state index contributed by atoms with van der Waals surface area (Å²) in [4.78, 5) is 9.71. The Morgan fingerprint density at radius 2 is 1.74 bits per heavy atom. The van der Waals surface area contributed by atoms with Gasteiger partial charge in [0.2, 0.25) is 0 Å². The molecule has 0 spiro atoms. The van der Waals surface area contributed by atoms with E-state index >= 15 is 0 Å². The number of hydrogen-bond acceptors (Lipinski definition) is 4. The predicted molar refractivity (Wildman–Crippen MR) is 116 cm³/mol. The maximum Gasteiger partial charge on any atom is 0.191 e. The minimum Gasteiger partial charge on any atom is -0.357 e. The van der Waals surface area contributed by atoms with Crippen LogP contribution in [0.25, 0.3) is 0 Å². The molecule has 0 bridgehead atoms. The molecule has 1 rings (SSSR count). The van der Waals surface area contributed by atoms with Gasteiger partial charge in [0.1, 0.15) is 0 Å². The molecule has 0 aliphatic carbocycles. The summed E-state index contributed by atoms with van der Waals surface area (Å²) in [5, 5.41) is 6.80. The average Bonchev–Trinajstić information content (AvgIpc) is 2.55. The lowest BCUT2D eigenvalue weighted by Crippen LogP contribution is -2.49. The van der Waals surface area contributed by atoms with Crippen LogP contribution in [-0.4, -0.2) is 86.7 Å². The SMILES string of the molecule is CCNC(=NCCCCSC)NCCN1CCN(CC)CC1.I. The molecule has 0 saturated carbocycles. The third-order valence-electron chi connectivity index (χ3n) is 4.00. The van der Waals surface area contributed by atoms with Gasteiger partial charge in [0.25, 0.3) is 0 Å². The lowest BCUT2D eigenvalue weighted by molar-refractivity contribution is 0.139. The minimum atomic E-state index is 0. The highest BCUT2D eigenvalue weighted by atomic mass is 127. The van der Waals surface area contributed by atoms with E-state index in [1.54, 1.807) is 0 Å². The fourth-order valence-corrected chi connectivity index (χ4v) is 3.05. The van der Waals surface area contributed by atoms with Crippen molar-refractivity contribution in [3.8, 4) is 0 Å². The summed E-state index contributed by atoms with van der Waals surface area (Å²) in [5.74, 6) is 2.21. The minimum absolute atomic E-state index is 0. The molecule has 0 atom stereocenters. The lowest BCUT2D eigenvalue weighted by Gasteiger charge is -2.34. The third-order valence-corrected chi connectivity index (χ3v) is 4.70. The van der Waals surface area contributed by atoms with E-state index in [2.05, 4.69) is 45.5 Å². The van der Waals surface area contributed by atoms with Gasteiger partial charge in [0.15, 0.2) is 5.96 Å². The number of aliphatic imine (C=N–C) groups is 1. The van der Waals surface area contributed by atoms with Gasteiger partial charge in [-0.1, -0.05) is 6.92 Å². The molecule has 1 fully saturated rings. The molecule has 1 aliphatic heterocycles. The third kappa shape index (κ3) is 11.4. The highest BCUT2D eigenvalue weighted by Crippen LogP contribution is 2.00. The van der Waals surface area contributed by atoms with E-state index in [1.165, 1.54) is 51.3 Å². The number of nitrogens with zero attached hydrogens (tertiary/aromatic N) is 3. The van der Waals surface area contributed by atoms with Crippen LogP contribution in [0.3, 0.4) is 0 Å². The molecule has 0 amide bonds. The van der Waals surface area contributed by atoms with Gasteiger partial charge in [-0.3, -0.25) is 9.89 Å². The summed E-state index contributed by atoms with van der Waals surface area (Å²) >= 11 is 1.91. The number of guanidine groups is 1. The van der Waals surface area contributed by atoms with Gasteiger partial charge in [0.05, 0.1) is 0 Å². The maximum absolute atomic E-state index is 4.65. The van der Waals surface area contributed by atoms with Crippen LogP contribution >= 0.6 is 35.7 Å². The standard InChI is InChI=1S/C16H35N5S.HI/c1-4-17-16(18-8-6-7-15-22-3)19-9-10-21-13-11-20(5-2)12-14-21;/h4-15H2,1-3H3,(H2,17,18,19);1H. The Kier molecular flexibility index (Phi) is 16.0. The zero-order valence-corrected chi connectivity index (χ0v) is 18.3. The van der Waals surface area contributed by atoms with E-state index in [4.69, 9.17) is 0 Å². The predicted octanol–water partition coefficient (Wildman–Crippen LogP) is 1.94. The molecule has 1 heterocycles. The summed E-state index contributed by atoms with van der Waals surface area (Å²) in [6.45, 7) is 14.3. The first kappa shape index (κ1) is 23.3. The lowest BCUT2D eigenvalue weighted by atomic mass is 10.3. The number of hydrogen-bond donors (Lipinski definition) is 2. The fraction of sp³-hybridized carbons (Fsp3) is 0.938. The van der Waals surface area contributed by atoms with Gasteiger partial charge in [-0.05, 0) is 38.3 Å². The van der Waals surface area contributed by atoms with Gasteiger partial charge in [-0.2, -0.15) is 11.8 Å². The maximum atomic E-state index is 4.65. The highest BCUT2D eigenvalue weighted by Gasteiger charge is 2.14. The Balaban J connectivity index is 0.00000484. The van der Waals surface area contributed by atoms with Gasteiger partial charge in [-0.25, -0.2) is 0 Å². The topological polar surface area (TPSA) is 42.9 Å². The van der Waals surface area contributed by atoms with Crippen LogP contribution in [0.5, 0.6) is 0 Å². The molecule has 5 nitrogen and oxygen atoms in total. The Morgan fingerprint density at radius 1 is 1.04 bits per heavy atom. The molecular weight excluding hydrogens is 421 g/mol. The van der Waals surface area contributed by atoms with Gasteiger partial charge in [-0.15, -0.1) is 24.0 Å². The quantitative estimate of drug-likeness (QED) is 0.227. The molecule has 0 aromatic carbocycles. The largest absolute Gasteiger partial charge is 0.357 e. The summed E-state index contributed by atoms with van der Waals surface area (Å²) in [6.07, 6.45) is 4.59. The molecule has 138 valence electrons. The van der Waals surface area contributed by atoms with Crippen LogP contribution in [0, 0.1) is 0 Å². The normalized spacial score (nSPS) is 16.9. The molecular formula is C16H36IN5S. The Labute approximate surface area is 164 Å². The Hall–Kier alpha value is 0.270. The number of halogens is 1. The molecule has 0 aromatic heterocycles. The smallest absolute Gasteiger partial charge is 0.191 e. The van der Waals surface area contributed by atoms with E-state index in [0.29, 0.717) is 0 Å². The molecule has 23 heavy (non-hydrogen) atoms. The van der Waals surface area contributed by atoms with Crippen molar-refractivity contribution in [1.29, 1.82) is 0 Å². The zero-order chi connectivity index (χ0) is 16.0. The Morgan fingerprint density at radius 3 is 2.35 bits per heavy atom.